The molecule has 0 bridgehead atoms. The highest BCUT2D eigenvalue weighted by Crippen LogP contribution is 2.25. The summed E-state index contributed by atoms with van der Waals surface area (Å²) < 4.78 is 0. The number of carboxylic acids is 1. The van der Waals surface area contributed by atoms with Gasteiger partial charge < -0.3 is 15.0 Å². The summed E-state index contributed by atoms with van der Waals surface area (Å²) >= 11 is 0. The number of carbonyl (C=O) groups excluding carboxylic acids is 1. The van der Waals surface area contributed by atoms with Crippen molar-refractivity contribution in [2.75, 3.05) is 6.54 Å². The van der Waals surface area contributed by atoms with Crippen molar-refractivity contribution >= 4 is 11.9 Å². The molecule has 5 heteroatoms. The van der Waals surface area contributed by atoms with Gasteiger partial charge in [0.2, 0.25) is 0 Å². The van der Waals surface area contributed by atoms with Gasteiger partial charge in [0.25, 0.3) is 5.91 Å². The number of amides is 1. The molecule has 2 rings (SSSR count). The van der Waals surface area contributed by atoms with E-state index in [9.17, 15) is 9.59 Å². The van der Waals surface area contributed by atoms with Crippen molar-refractivity contribution in [2.45, 2.75) is 32.7 Å². The first-order valence-electron chi connectivity index (χ1n) is 6.20. The molecule has 0 radical (unpaired) electrons. The third-order valence-corrected chi connectivity index (χ3v) is 3.75. The standard InChI is InChI=1S/C13H18N2O3/c1-8-10(5-6-14-8)12(16)15-7-3-4-11(9(15)2)13(17)18/h5-6,9,11,14H,3-4,7H2,1-2H3,(H,17,18)/t9-,11-/m1/s1. The topological polar surface area (TPSA) is 73.4 Å². The number of aliphatic carboxylic acids is 1. The molecule has 1 aliphatic heterocycles. The molecule has 2 N–H and O–H groups in total. The summed E-state index contributed by atoms with van der Waals surface area (Å²) in [5.41, 5.74) is 1.46. The van der Waals surface area contributed by atoms with Crippen LogP contribution in [0.25, 0.3) is 0 Å². The van der Waals surface area contributed by atoms with E-state index in [4.69, 9.17) is 5.11 Å². The molecule has 0 unspecified atom stereocenters. The number of aryl methyl sites for hydroxylation is 1. The molecule has 0 saturated carbocycles. The van der Waals surface area contributed by atoms with Gasteiger partial charge in [-0.3, -0.25) is 9.59 Å². The van der Waals surface area contributed by atoms with Crippen molar-refractivity contribution in [2.24, 2.45) is 5.92 Å². The summed E-state index contributed by atoms with van der Waals surface area (Å²) in [5.74, 6) is -1.35. The average Bonchev–Trinajstić information content (AvgIpc) is 2.74. The number of carbonyl (C=O) groups is 2. The highest BCUT2D eigenvalue weighted by atomic mass is 16.4. The molecule has 5 nitrogen and oxygen atoms in total. The van der Waals surface area contributed by atoms with E-state index in [0.717, 1.165) is 12.1 Å². The molecule has 98 valence electrons. The van der Waals surface area contributed by atoms with E-state index in [2.05, 4.69) is 4.98 Å². The molecule has 18 heavy (non-hydrogen) atoms. The molecule has 0 spiro atoms. The fourth-order valence-electron chi connectivity index (χ4n) is 2.60. The van der Waals surface area contributed by atoms with Crippen LogP contribution in [-0.2, 0) is 4.79 Å². The number of hydrogen-bond donors (Lipinski definition) is 2. The molecule has 1 saturated heterocycles. The summed E-state index contributed by atoms with van der Waals surface area (Å²) in [6, 6.07) is 1.49. The zero-order valence-electron chi connectivity index (χ0n) is 10.6. The lowest BCUT2D eigenvalue weighted by molar-refractivity contribution is -0.144. The van der Waals surface area contributed by atoms with Crippen LogP contribution in [0.2, 0.25) is 0 Å². The number of nitrogens with one attached hydrogen (secondary N) is 1. The minimum atomic E-state index is -0.814. The van der Waals surface area contributed by atoms with Gasteiger partial charge in [0, 0.05) is 24.5 Å². The third kappa shape index (κ3) is 2.12. The summed E-state index contributed by atoms with van der Waals surface area (Å²) in [6.45, 7) is 4.29. The number of rotatable bonds is 2. The maximum absolute atomic E-state index is 12.4. The average molecular weight is 250 g/mol. The largest absolute Gasteiger partial charge is 0.481 e. The minimum Gasteiger partial charge on any atom is -0.481 e. The van der Waals surface area contributed by atoms with Gasteiger partial charge in [-0.05, 0) is 32.8 Å². The van der Waals surface area contributed by atoms with Crippen molar-refractivity contribution < 1.29 is 14.7 Å². The van der Waals surface area contributed by atoms with E-state index in [1.165, 1.54) is 0 Å². The van der Waals surface area contributed by atoms with E-state index in [1.807, 2.05) is 13.8 Å². The Kier molecular flexibility index (Phi) is 3.41. The van der Waals surface area contributed by atoms with Crippen molar-refractivity contribution in [1.82, 2.24) is 9.88 Å². The van der Waals surface area contributed by atoms with Crippen LogP contribution in [0, 0.1) is 12.8 Å². The maximum atomic E-state index is 12.4. The Morgan fingerprint density at radius 2 is 2.22 bits per heavy atom. The van der Waals surface area contributed by atoms with E-state index >= 15 is 0 Å². The van der Waals surface area contributed by atoms with Crippen LogP contribution in [0.5, 0.6) is 0 Å². The fraction of sp³-hybridized carbons (Fsp3) is 0.538. The molecule has 1 aliphatic rings. The Bertz CT molecular complexity index is 467. The van der Waals surface area contributed by atoms with Crippen molar-refractivity contribution in [1.29, 1.82) is 0 Å². The van der Waals surface area contributed by atoms with E-state index in [-0.39, 0.29) is 11.9 Å². The summed E-state index contributed by atoms with van der Waals surface area (Å²) in [6.07, 6.45) is 3.12. The van der Waals surface area contributed by atoms with Gasteiger partial charge >= 0.3 is 5.97 Å². The lowest BCUT2D eigenvalue weighted by atomic mass is 9.90. The smallest absolute Gasteiger partial charge is 0.308 e. The van der Waals surface area contributed by atoms with Crippen LogP contribution in [-0.4, -0.2) is 39.5 Å². The number of H-pyrrole nitrogens is 1. The van der Waals surface area contributed by atoms with E-state index in [0.29, 0.717) is 18.5 Å². The van der Waals surface area contributed by atoms with Crippen molar-refractivity contribution in [3.63, 3.8) is 0 Å². The summed E-state index contributed by atoms with van der Waals surface area (Å²) in [7, 11) is 0. The van der Waals surface area contributed by atoms with Gasteiger partial charge in [-0.15, -0.1) is 0 Å². The monoisotopic (exact) mass is 250 g/mol. The second-order valence-corrected chi connectivity index (χ2v) is 4.84. The van der Waals surface area contributed by atoms with Crippen LogP contribution >= 0.6 is 0 Å². The van der Waals surface area contributed by atoms with Crippen LogP contribution in [0.3, 0.4) is 0 Å². The lowest BCUT2D eigenvalue weighted by Crippen LogP contribution is -2.49. The SMILES string of the molecule is Cc1[nH]ccc1C(=O)N1CCC[C@@H](C(=O)O)[C@H]1C. The number of likely N-dealkylation sites (tertiary alicyclic amines) is 1. The predicted molar refractivity (Wildman–Crippen MR) is 66.4 cm³/mol. The maximum Gasteiger partial charge on any atom is 0.308 e. The van der Waals surface area contributed by atoms with Crippen molar-refractivity contribution in [3.05, 3.63) is 23.5 Å². The van der Waals surface area contributed by atoms with Gasteiger partial charge in [0.1, 0.15) is 0 Å². The Morgan fingerprint density at radius 1 is 1.50 bits per heavy atom. The van der Waals surface area contributed by atoms with Gasteiger partial charge in [-0.2, -0.15) is 0 Å². The first-order chi connectivity index (χ1) is 8.52. The lowest BCUT2D eigenvalue weighted by Gasteiger charge is -2.37. The molecule has 0 aliphatic carbocycles. The second kappa shape index (κ2) is 4.84. The molecular formula is C13H18N2O3. The van der Waals surface area contributed by atoms with Gasteiger partial charge in [0.05, 0.1) is 11.5 Å². The molecule has 0 aromatic carbocycles. The molecule has 2 atom stereocenters. The van der Waals surface area contributed by atoms with Crippen LogP contribution < -0.4 is 0 Å². The van der Waals surface area contributed by atoms with Gasteiger partial charge in [0.15, 0.2) is 0 Å². The minimum absolute atomic E-state index is 0.0767. The van der Waals surface area contributed by atoms with E-state index in [1.54, 1.807) is 17.2 Å². The molecule has 2 heterocycles. The predicted octanol–water partition coefficient (Wildman–Crippen LogP) is 1.65. The molecule has 1 amide bonds. The normalized spacial score (nSPS) is 24.0. The third-order valence-electron chi connectivity index (χ3n) is 3.75. The van der Waals surface area contributed by atoms with Crippen molar-refractivity contribution in [3.8, 4) is 0 Å². The quantitative estimate of drug-likeness (QED) is 0.838. The number of aromatic amines is 1. The number of aromatic nitrogens is 1. The first-order valence-corrected chi connectivity index (χ1v) is 6.20. The van der Waals surface area contributed by atoms with Crippen LogP contribution in [0.4, 0.5) is 0 Å². The molecule has 1 fully saturated rings. The summed E-state index contributed by atoms with van der Waals surface area (Å²) in [5, 5.41) is 9.15. The first kappa shape index (κ1) is 12.7. The molecule has 1 aromatic rings. The van der Waals surface area contributed by atoms with Crippen LogP contribution in [0.15, 0.2) is 12.3 Å². The van der Waals surface area contributed by atoms with Gasteiger partial charge in [-0.25, -0.2) is 0 Å². The Hall–Kier alpha value is -1.78. The number of hydrogen-bond acceptors (Lipinski definition) is 2. The zero-order chi connectivity index (χ0) is 13.3. The number of nitrogens with zero attached hydrogens (tertiary/aromatic N) is 1. The Balaban J connectivity index is 2.20. The molecular weight excluding hydrogens is 232 g/mol. The van der Waals surface area contributed by atoms with E-state index < -0.39 is 11.9 Å². The Labute approximate surface area is 106 Å². The second-order valence-electron chi connectivity index (χ2n) is 4.84. The van der Waals surface area contributed by atoms with Crippen LogP contribution in [0.1, 0.15) is 35.8 Å². The number of piperidine rings is 1. The highest BCUT2D eigenvalue weighted by Gasteiger charge is 2.35. The fourth-order valence-corrected chi connectivity index (χ4v) is 2.60. The van der Waals surface area contributed by atoms with Gasteiger partial charge in [-0.1, -0.05) is 0 Å². The number of carboxylic acid groups (broad SMARTS) is 1. The molecule has 1 aromatic heterocycles. The summed E-state index contributed by atoms with van der Waals surface area (Å²) in [4.78, 5) is 28.2. The highest BCUT2D eigenvalue weighted by molar-refractivity contribution is 5.96. The Morgan fingerprint density at radius 3 is 2.78 bits per heavy atom. The zero-order valence-corrected chi connectivity index (χ0v) is 10.6.